The van der Waals surface area contributed by atoms with Gasteiger partial charge >= 0.3 is 0 Å². The average Bonchev–Trinajstić information content (AvgIpc) is 2.60. The predicted molar refractivity (Wildman–Crippen MR) is 58.7 cm³/mol. The molecule has 0 amide bonds. The smallest absolute Gasteiger partial charge is 0.171 e. The highest BCUT2D eigenvalue weighted by atomic mass is 19.1. The zero-order valence-corrected chi connectivity index (χ0v) is 9.24. The molecule has 0 spiro atoms. The third-order valence-corrected chi connectivity index (χ3v) is 3.21. The highest BCUT2D eigenvalue weighted by Gasteiger charge is 2.39. The van der Waals surface area contributed by atoms with Crippen LogP contribution in [0.4, 0.5) is 4.39 Å². The molecule has 2 atom stereocenters. The fourth-order valence-corrected chi connectivity index (χ4v) is 2.33. The number of hydrogen-bond donors (Lipinski definition) is 2. The lowest BCUT2D eigenvalue weighted by Crippen LogP contribution is -2.26. The van der Waals surface area contributed by atoms with Gasteiger partial charge in [-0.2, -0.15) is 0 Å². The molecule has 0 heterocycles. The average molecular weight is 225 g/mol. The van der Waals surface area contributed by atoms with Crippen molar-refractivity contribution in [3.8, 4) is 5.75 Å². The second-order valence-electron chi connectivity index (χ2n) is 4.36. The largest absolute Gasteiger partial charge is 0.494 e. The SMILES string of the molecule is COc1cccc(C2(O)CCC(N)C2)c1F. The van der Waals surface area contributed by atoms with E-state index in [0.29, 0.717) is 24.8 Å². The molecule has 1 saturated carbocycles. The van der Waals surface area contributed by atoms with Crippen molar-refractivity contribution in [2.45, 2.75) is 30.9 Å². The summed E-state index contributed by atoms with van der Waals surface area (Å²) < 4.78 is 18.9. The van der Waals surface area contributed by atoms with E-state index in [1.165, 1.54) is 13.2 Å². The standard InChI is InChI=1S/C12H16FNO2/c1-16-10-4-2-3-9(11(10)13)12(15)6-5-8(14)7-12/h2-4,8,15H,5-7,14H2,1H3. The number of hydrogen-bond acceptors (Lipinski definition) is 3. The molecular formula is C12H16FNO2. The zero-order chi connectivity index (χ0) is 11.8. The molecule has 1 fully saturated rings. The maximum atomic E-state index is 14.0. The Morgan fingerprint density at radius 3 is 2.88 bits per heavy atom. The second kappa shape index (κ2) is 4.03. The van der Waals surface area contributed by atoms with Gasteiger partial charge in [0.15, 0.2) is 11.6 Å². The molecule has 2 unspecified atom stereocenters. The number of ether oxygens (including phenoxy) is 1. The quantitative estimate of drug-likeness (QED) is 0.802. The fraction of sp³-hybridized carbons (Fsp3) is 0.500. The molecule has 0 radical (unpaired) electrons. The Morgan fingerprint density at radius 1 is 1.56 bits per heavy atom. The summed E-state index contributed by atoms with van der Waals surface area (Å²) in [7, 11) is 1.41. The van der Waals surface area contributed by atoms with Gasteiger partial charge in [-0.15, -0.1) is 0 Å². The molecule has 0 aliphatic heterocycles. The molecule has 88 valence electrons. The summed E-state index contributed by atoms with van der Waals surface area (Å²) in [5.41, 5.74) is 4.91. The van der Waals surface area contributed by atoms with Crippen LogP contribution >= 0.6 is 0 Å². The van der Waals surface area contributed by atoms with Crippen LogP contribution in [0.5, 0.6) is 5.75 Å². The van der Waals surface area contributed by atoms with Gasteiger partial charge in [-0.05, 0) is 25.3 Å². The van der Waals surface area contributed by atoms with E-state index in [2.05, 4.69) is 0 Å². The molecule has 1 aromatic carbocycles. The van der Waals surface area contributed by atoms with Gasteiger partial charge in [-0.25, -0.2) is 4.39 Å². The molecule has 3 N–H and O–H groups in total. The minimum atomic E-state index is -1.14. The lowest BCUT2D eigenvalue weighted by atomic mass is 9.91. The Hall–Kier alpha value is -1.13. The normalized spacial score (nSPS) is 29.4. The number of benzene rings is 1. The van der Waals surface area contributed by atoms with E-state index in [-0.39, 0.29) is 11.8 Å². The summed E-state index contributed by atoms with van der Waals surface area (Å²) in [6, 6.07) is 4.75. The molecule has 0 saturated heterocycles. The van der Waals surface area contributed by atoms with Crippen LogP contribution in [-0.4, -0.2) is 18.3 Å². The number of nitrogens with two attached hydrogens (primary N) is 1. The lowest BCUT2D eigenvalue weighted by molar-refractivity contribution is 0.0389. The summed E-state index contributed by atoms with van der Waals surface area (Å²) in [6.07, 6.45) is 1.61. The molecule has 4 heteroatoms. The minimum absolute atomic E-state index is 0.0596. The topological polar surface area (TPSA) is 55.5 Å². The van der Waals surface area contributed by atoms with Gasteiger partial charge in [0.25, 0.3) is 0 Å². The van der Waals surface area contributed by atoms with E-state index >= 15 is 0 Å². The number of methoxy groups -OCH3 is 1. The summed E-state index contributed by atoms with van der Waals surface area (Å²) >= 11 is 0. The van der Waals surface area contributed by atoms with Crippen LogP contribution < -0.4 is 10.5 Å². The molecule has 3 nitrogen and oxygen atoms in total. The summed E-state index contributed by atoms with van der Waals surface area (Å²) in [6.45, 7) is 0. The Bertz CT molecular complexity index is 397. The van der Waals surface area contributed by atoms with Crippen molar-refractivity contribution in [1.82, 2.24) is 0 Å². The molecular weight excluding hydrogens is 209 g/mol. The van der Waals surface area contributed by atoms with Crippen molar-refractivity contribution < 1.29 is 14.2 Å². The summed E-state index contributed by atoms with van der Waals surface area (Å²) in [5, 5.41) is 10.4. The summed E-state index contributed by atoms with van der Waals surface area (Å²) in [4.78, 5) is 0. The van der Waals surface area contributed by atoms with Crippen LogP contribution in [0.3, 0.4) is 0 Å². The van der Waals surface area contributed by atoms with Gasteiger partial charge in [0.2, 0.25) is 0 Å². The van der Waals surface area contributed by atoms with Crippen molar-refractivity contribution in [3.63, 3.8) is 0 Å². The highest BCUT2D eigenvalue weighted by molar-refractivity contribution is 5.35. The molecule has 2 rings (SSSR count). The van der Waals surface area contributed by atoms with E-state index in [1.54, 1.807) is 12.1 Å². The van der Waals surface area contributed by atoms with Crippen LogP contribution in [0.2, 0.25) is 0 Å². The Balaban J connectivity index is 2.40. The van der Waals surface area contributed by atoms with Gasteiger partial charge in [0.05, 0.1) is 12.7 Å². The third kappa shape index (κ3) is 1.79. The van der Waals surface area contributed by atoms with Crippen LogP contribution in [0, 0.1) is 5.82 Å². The van der Waals surface area contributed by atoms with E-state index in [0.717, 1.165) is 0 Å². The molecule has 0 bridgehead atoms. The Morgan fingerprint density at radius 2 is 2.31 bits per heavy atom. The maximum Gasteiger partial charge on any atom is 0.171 e. The van der Waals surface area contributed by atoms with E-state index in [1.807, 2.05) is 0 Å². The van der Waals surface area contributed by atoms with Gasteiger partial charge in [0.1, 0.15) is 0 Å². The van der Waals surface area contributed by atoms with Gasteiger partial charge in [-0.3, -0.25) is 0 Å². The zero-order valence-electron chi connectivity index (χ0n) is 9.24. The number of rotatable bonds is 2. The van der Waals surface area contributed by atoms with Gasteiger partial charge in [-0.1, -0.05) is 12.1 Å². The monoisotopic (exact) mass is 225 g/mol. The Kier molecular flexibility index (Phi) is 2.86. The van der Waals surface area contributed by atoms with Crippen LogP contribution in [0.1, 0.15) is 24.8 Å². The maximum absolute atomic E-state index is 14.0. The first kappa shape index (κ1) is 11.4. The molecule has 1 aliphatic carbocycles. The van der Waals surface area contributed by atoms with Crippen molar-refractivity contribution in [3.05, 3.63) is 29.6 Å². The predicted octanol–water partition coefficient (Wildman–Crippen LogP) is 1.53. The first-order valence-corrected chi connectivity index (χ1v) is 5.38. The van der Waals surface area contributed by atoms with Gasteiger partial charge in [0, 0.05) is 11.6 Å². The number of halogens is 1. The third-order valence-electron chi connectivity index (χ3n) is 3.21. The molecule has 0 aromatic heterocycles. The molecule has 16 heavy (non-hydrogen) atoms. The van der Waals surface area contributed by atoms with Crippen LogP contribution in [0.15, 0.2) is 18.2 Å². The first-order valence-electron chi connectivity index (χ1n) is 5.38. The van der Waals surface area contributed by atoms with E-state index in [9.17, 15) is 9.50 Å². The van der Waals surface area contributed by atoms with Crippen LogP contribution in [-0.2, 0) is 5.60 Å². The molecule has 1 aromatic rings. The van der Waals surface area contributed by atoms with Crippen molar-refractivity contribution in [1.29, 1.82) is 0 Å². The summed E-state index contributed by atoms with van der Waals surface area (Å²) in [5.74, 6) is -0.326. The highest BCUT2D eigenvalue weighted by Crippen LogP contribution is 2.40. The van der Waals surface area contributed by atoms with Crippen LogP contribution in [0.25, 0.3) is 0 Å². The van der Waals surface area contributed by atoms with E-state index in [4.69, 9.17) is 10.5 Å². The first-order chi connectivity index (χ1) is 7.57. The van der Waals surface area contributed by atoms with Crippen molar-refractivity contribution in [2.24, 2.45) is 5.73 Å². The fourth-order valence-electron chi connectivity index (χ4n) is 2.33. The number of aliphatic hydroxyl groups is 1. The Labute approximate surface area is 94.0 Å². The van der Waals surface area contributed by atoms with Crippen molar-refractivity contribution >= 4 is 0 Å². The second-order valence-corrected chi connectivity index (χ2v) is 4.36. The minimum Gasteiger partial charge on any atom is -0.494 e. The lowest BCUT2D eigenvalue weighted by Gasteiger charge is -2.24. The van der Waals surface area contributed by atoms with E-state index < -0.39 is 11.4 Å². The molecule has 1 aliphatic rings. The van der Waals surface area contributed by atoms with Gasteiger partial charge < -0.3 is 15.6 Å². The van der Waals surface area contributed by atoms with Crippen molar-refractivity contribution in [2.75, 3.05) is 7.11 Å².